The van der Waals surface area contributed by atoms with E-state index in [0.29, 0.717) is 6.42 Å². The summed E-state index contributed by atoms with van der Waals surface area (Å²) >= 11 is 5.20. The van der Waals surface area contributed by atoms with Crippen LogP contribution in [0.5, 0.6) is 0 Å². The summed E-state index contributed by atoms with van der Waals surface area (Å²) in [6.45, 7) is 1.33. The van der Waals surface area contributed by atoms with Gasteiger partial charge in [-0.15, -0.1) is 0 Å². The van der Waals surface area contributed by atoms with Gasteiger partial charge in [0.15, 0.2) is 0 Å². The van der Waals surface area contributed by atoms with Crippen molar-refractivity contribution in [2.45, 2.75) is 25.4 Å². The lowest BCUT2D eigenvalue weighted by Gasteiger charge is -2.17. The molecule has 2 N–H and O–H groups in total. The lowest BCUT2D eigenvalue weighted by atomic mass is 10.2. The highest BCUT2D eigenvalue weighted by atomic mass is 32.2. The van der Waals surface area contributed by atoms with Gasteiger partial charge >= 0.3 is 0 Å². The largest absolute Gasteiger partial charge is 0.344 e. The molecule has 0 aliphatic carbocycles. The summed E-state index contributed by atoms with van der Waals surface area (Å²) in [6, 6.07) is -1.10. The highest BCUT2D eigenvalue weighted by molar-refractivity contribution is 8.14. The molecule has 0 aromatic carbocycles. The van der Waals surface area contributed by atoms with Crippen LogP contribution >= 0.6 is 24.4 Å². The highest BCUT2D eigenvalue weighted by Crippen LogP contribution is 2.19. The summed E-state index contributed by atoms with van der Waals surface area (Å²) in [5.41, 5.74) is 0. The molecule has 0 bridgehead atoms. The second-order valence-electron chi connectivity index (χ2n) is 3.45. The van der Waals surface area contributed by atoms with Crippen molar-refractivity contribution < 1.29 is 14.4 Å². The lowest BCUT2D eigenvalue weighted by Crippen LogP contribution is -2.50. The molecule has 0 aromatic rings. The van der Waals surface area contributed by atoms with E-state index < -0.39 is 12.1 Å². The van der Waals surface area contributed by atoms with Gasteiger partial charge in [-0.05, 0) is 6.42 Å². The molecule has 2 amide bonds. The summed E-state index contributed by atoms with van der Waals surface area (Å²) < 4.78 is 0. The standard InChI is InChI=1S/C9H14N2O3S2/c1-5(12)10-7(4-15)8(13)11-6-2-3-16-9(6)14/h6-7,15H,2-4H2,1H3,(H,10,12)(H,11,13)/t6?,7-/m0/s1. The molecule has 1 fully saturated rings. The number of thiol groups is 1. The van der Waals surface area contributed by atoms with E-state index in [4.69, 9.17) is 0 Å². The number of nitrogens with one attached hydrogen (secondary N) is 2. The molecule has 1 aliphatic heterocycles. The number of rotatable bonds is 4. The van der Waals surface area contributed by atoms with E-state index in [1.54, 1.807) is 0 Å². The van der Waals surface area contributed by atoms with Crippen LogP contribution in [0.1, 0.15) is 13.3 Å². The molecule has 1 heterocycles. The summed E-state index contributed by atoms with van der Waals surface area (Å²) in [4.78, 5) is 33.8. The summed E-state index contributed by atoms with van der Waals surface area (Å²) in [5, 5.41) is 5.07. The van der Waals surface area contributed by atoms with E-state index in [1.807, 2.05) is 0 Å². The zero-order valence-electron chi connectivity index (χ0n) is 8.86. The van der Waals surface area contributed by atoms with Gasteiger partial charge in [0.05, 0.1) is 6.04 Å². The van der Waals surface area contributed by atoms with Crippen molar-refractivity contribution in [3.63, 3.8) is 0 Å². The topological polar surface area (TPSA) is 75.3 Å². The molecule has 0 spiro atoms. The van der Waals surface area contributed by atoms with Crippen LogP contribution in [0.4, 0.5) is 0 Å². The van der Waals surface area contributed by atoms with Crippen LogP contribution in [-0.2, 0) is 14.4 Å². The normalized spacial score (nSPS) is 21.6. The summed E-state index contributed by atoms with van der Waals surface area (Å²) in [5.74, 6) is 0.293. The number of thioether (sulfide) groups is 1. The van der Waals surface area contributed by atoms with E-state index in [1.165, 1.54) is 18.7 Å². The van der Waals surface area contributed by atoms with Gasteiger partial charge < -0.3 is 10.6 Å². The van der Waals surface area contributed by atoms with Crippen molar-refractivity contribution in [3.05, 3.63) is 0 Å². The Kier molecular flexibility index (Phi) is 5.14. The first-order valence-corrected chi connectivity index (χ1v) is 6.51. The number of hydrogen-bond acceptors (Lipinski definition) is 5. The van der Waals surface area contributed by atoms with E-state index in [2.05, 4.69) is 23.3 Å². The van der Waals surface area contributed by atoms with Gasteiger partial charge in [-0.25, -0.2) is 0 Å². The molecule has 7 heteroatoms. The van der Waals surface area contributed by atoms with Gasteiger partial charge in [0, 0.05) is 18.4 Å². The molecule has 0 saturated carbocycles. The monoisotopic (exact) mass is 262 g/mol. The molecular weight excluding hydrogens is 248 g/mol. The second kappa shape index (κ2) is 6.15. The van der Waals surface area contributed by atoms with Gasteiger partial charge in [0.2, 0.25) is 16.9 Å². The second-order valence-corrected chi connectivity index (χ2v) is 4.92. The third-order valence-corrected chi connectivity index (χ3v) is 3.50. The molecule has 5 nitrogen and oxygen atoms in total. The van der Waals surface area contributed by atoms with Crippen molar-refractivity contribution in [1.29, 1.82) is 0 Å². The molecule has 0 radical (unpaired) electrons. The number of hydrogen-bond donors (Lipinski definition) is 3. The first kappa shape index (κ1) is 13.4. The van der Waals surface area contributed by atoms with Gasteiger partial charge in [-0.1, -0.05) is 11.8 Å². The molecule has 1 saturated heterocycles. The maximum absolute atomic E-state index is 11.7. The predicted molar refractivity (Wildman–Crippen MR) is 65.5 cm³/mol. The zero-order valence-corrected chi connectivity index (χ0v) is 10.6. The Balaban J connectivity index is 2.48. The van der Waals surface area contributed by atoms with Crippen molar-refractivity contribution >= 4 is 41.3 Å². The van der Waals surface area contributed by atoms with Crippen LogP contribution in [0.2, 0.25) is 0 Å². The quantitative estimate of drug-likeness (QED) is 0.601. The summed E-state index contributed by atoms with van der Waals surface area (Å²) in [7, 11) is 0. The summed E-state index contributed by atoms with van der Waals surface area (Å²) in [6.07, 6.45) is 0.647. The van der Waals surface area contributed by atoms with Crippen LogP contribution in [0.25, 0.3) is 0 Å². The minimum absolute atomic E-state index is 0.0194. The Morgan fingerprint density at radius 3 is 2.75 bits per heavy atom. The van der Waals surface area contributed by atoms with Crippen molar-refractivity contribution in [1.82, 2.24) is 10.6 Å². The molecule has 2 atom stereocenters. The fourth-order valence-corrected chi connectivity index (χ4v) is 2.53. The molecule has 16 heavy (non-hydrogen) atoms. The van der Waals surface area contributed by atoms with Gasteiger partial charge in [-0.3, -0.25) is 14.4 Å². The predicted octanol–water partition coefficient (Wildman–Crippen LogP) is -0.431. The minimum Gasteiger partial charge on any atom is -0.344 e. The first-order valence-electron chi connectivity index (χ1n) is 4.89. The van der Waals surface area contributed by atoms with Crippen LogP contribution < -0.4 is 10.6 Å². The average Bonchev–Trinajstić information content (AvgIpc) is 2.60. The van der Waals surface area contributed by atoms with E-state index >= 15 is 0 Å². The van der Waals surface area contributed by atoms with Crippen LogP contribution in [0.15, 0.2) is 0 Å². The Bertz CT molecular complexity index is 309. The molecule has 1 aliphatic rings. The van der Waals surface area contributed by atoms with E-state index in [-0.39, 0.29) is 22.7 Å². The van der Waals surface area contributed by atoms with E-state index in [0.717, 1.165) is 5.75 Å². The smallest absolute Gasteiger partial charge is 0.244 e. The third-order valence-electron chi connectivity index (χ3n) is 2.13. The molecule has 0 aromatic heterocycles. The molecular formula is C9H14N2O3S2. The minimum atomic E-state index is -0.681. The SMILES string of the molecule is CC(=O)N[C@@H](CS)C(=O)NC1CCSC1=O. The highest BCUT2D eigenvalue weighted by Gasteiger charge is 2.29. The number of carbonyl (C=O) groups excluding carboxylic acids is 3. The Labute approximate surface area is 104 Å². The Morgan fingerprint density at radius 2 is 2.31 bits per heavy atom. The Morgan fingerprint density at radius 1 is 1.62 bits per heavy atom. The van der Waals surface area contributed by atoms with Gasteiger partial charge in [0.25, 0.3) is 0 Å². The maximum atomic E-state index is 11.7. The van der Waals surface area contributed by atoms with Gasteiger partial charge in [-0.2, -0.15) is 12.6 Å². The van der Waals surface area contributed by atoms with Crippen LogP contribution in [-0.4, -0.2) is 40.5 Å². The number of carbonyl (C=O) groups is 3. The Hall–Kier alpha value is -0.690. The van der Waals surface area contributed by atoms with Crippen molar-refractivity contribution in [2.75, 3.05) is 11.5 Å². The zero-order chi connectivity index (χ0) is 12.1. The first-order chi connectivity index (χ1) is 7.54. The van der Waals surface area contributed by atoms with Crippen LogP contribution in [0.3, 0.4) is 0 Å². The maximum Gasteiger partial charge on any atom is 0.244 e. The van der Waals surface area contributed by atoms with E-state index in [9.17, 15) is 14.4 Å². The fourth-order valence-electron chi connectivity index (χ4n) is 1.34. The molecule has 90 valence electrons. The molecule has 1 rings (SSSR count). The average molecular weight is 262 g/mol. The number of amides is 2. The van der Waals surface area contributed by atoms with Crippen molar-refractivity contribution in [2.24, 2.45) is 0 Å². The lowest BCUT2D eigenvalue weighted by molar-refractivity contribution is -0.129. The van der Waals surface area contributed by atoms with Gasteiger partial charge in [0.1, 0.15) is 6.04 Å². The third kappa shape index (κ3) is 3.71. The van der Waals surface area contributed by atoms with Crippen LogP contribution in [0, 0.1) is 0 Å². The fraction of sp³-hybridized carbons (Fsp3) is 0.667. The van der Waals surface area contributed by atoms with Crippen molar-refractivity contribution in [3.8, 4) is 0 Å². The molecule has 1 unspecified atom stereocenters.